The SMILES string of the molecule is CCCCC(CC)CC(CN)c1cccc(Cl)c1. The number of halogens is 1. The molecule has 1 aromatic rings. The van der Waals surface area contributed by atoms with Gasteiger partial charge < -0.3 is 5.73 Å². The quantitative estimate of drug-likeness (QED) is 0.706. The standard InChI is InChI=1S/C16H26ClN/c1-3-5-7-13(4-2)10-15(12-18)14-8-6-9-16(17)11-14/h6,8-9,11,13,15H,3-5,7,10,12,18H2,1-2H3. The zero-order valence-electron chi connectivity index (χ0n) is 11.7. The summed E-state index contributed by atoms with van der Waals surface area (Å²) in [5.74, 6) is 1.24. The maximum Gasteiger partial charge on any atom is 0.0408 e. The van der Waals surface area contributed by atoms with Crippen molar-refractivity contribution in [1.29, 1.82) is 0 Å². The Balaban J connectivity index is 2.65. The highest BCUT2D eigenvalue weighted by Gasteiger charge is 2.15. The lowest BCUT2D eigenvalue weighted by molar-refractivity contribution is 0.387. The minimum absolute atomic E-state index is 0.450. The van der Waals surface area contributed by atoms with Crippen molar-refractivity contribution in [3.05, 3.63) is 34.9 Å². The van der Waals surface area contributed by atoms with Gasteiger partial charge >= 0.3 is 0 Å². The van der Waals surface area contributed by atoms with E-state index in [9.17, 15) is 0 Å². The van der Waals surface area contributed by atoms with Crippen LogP contribution >= 0.6 is 11.6 Å². The second kappa shape index (κ2) is 8.55. The summed E-state index contributed by atoms with van der Waals surface area (Å²) in [5, 5.41) is 0.813. The third-order valence-electron chi connectivity index (χ3n) is 3.77. The topological polar surface area (TPSA) is 26.0 Å². The normalized spacial score (nSPS) is 14.4. The Morgan fingerprint density at radius 3 is 2.61 bits per heavy atom. The van der Waals surface area contributed by atoms with Crippen molar-refractivity contribution in [2.24, 2.45) is 11.7 Å². The Kier molecular flexibility index (Phi) is 7.38. The monoisotopic (exact) mass is 267 g/mol. The fraction of sp³-hybridized carbons (Fsp3) is 0.625. The number of nitrogens with two attached hydrogens (primary N) is 1. The Morgan fingerprint density at radius 2 is 2.06 bits per heavy atom. The van der Waals surface area contributed by atoms with Gasteiger partial charge in [-0.3, -0.25) is 0 Å². The van der Waals surface area contributed by atoms with E-state index in [1.165, 1.54) is 37.7 Å². The van der Waals surface area contributed by atoms with Gasteiger partial charge in [0.25, 0.3) is 0 Å². The molecule has 0 aliphatic heterocycles. The second-order valence-electron chi connectivity index (χ2n) is 5.14. The highest BCUT2D eigenvalue weighted by molar-refractivity contribution is 6.30. The van der Waals surface area contributed by atoms with Crippen LogP contribution in [0.25, 0.3) is 0 Å². The number of hydrogen-bond donors (Lipinski definition) is 1. The molecule has 1 rings (SSSR count). The van der Waals surface area contributed by atoms with Crippen molar-refractivity contribution >= 4 is 11.6 Å². The number of unbranched alkanes of at least 4 members (excludes halogenated alkanes) is 1. The number of rotatable bonds is 8. The smallest absolute Gasteiger partial charge is 0.0408 e. The van der Waals surface area contributed by atoms with Crippen molar-refractivity contribution < 1.29 is 0 Å². The zero-order chi connectivity index (χ0) is 13.4. The van der Waals surface area contributed by atoms with Gasteiger partial charge in [0, 0.05) is 5.02 Å². The number of benzene rings is 1. The lowest BCUT2D eigenvalue weighted by Crippen LogP contribution is -2.16. The van der Waals surface area contributed by atoms with Gasteiger partial charge in [-0.25, -0.2) is 0 Å². The van der Waals surface area contributed by atoms with Gasteiger partial charge in [-0.1, -0.05) is 63.3 Å². The molecule has 0 saturated carbocycles. The summed E-state index contributed by atoms with van der Waals surface area (Å²) in [4.78, 5) is 0. The molecule has 1 aromatic carbocycles. The first kappa shape index (κ1) is 15.5. The fourth-order valence-corrected chi connectivity index (χ4v) is 2.71. The Labute approximate surface area is 117 Å². The predicted molar refractivity (Wildman–Crippen MR) is 81.2 cm³/mol. The van der Waals surface area contributed by atoms with E-state index in [0.717, 1.165) is 10.9 Å². The van der Waals surface area contributed by atoms with Gasteiger partial charge in [0.15, 0.2) is 0 Å². The van der Waals surface area contributed by atoms with E-state index >= 15 is 0 Å². The first-order valence-corrected chi connectivity index (χ1v) is 7.54. The van der Waals surface area contributed by atoms with Crippen LogP contribution in [-0.2, 0) is 0 Å². The lowest BCUT2D eigenvalue weighted by atomic mass is 9.85. The largest absolute Gasteiger partial charge is 0.330 e. The van der Waals surface area contributed by atoms with Crippen molar-refractivity contribution in [2.45, 2.75) is 51.9 Å². The molecule has 0 amide bonds. The van der Waals surface area contributed by atoms with Crippen LogP contribution < -0.4 is 5.73 Å². The Morgan fingerprint density at radius 1 is 1.28 bits per heavy atom. The van der Waals surface area contributed by atoms with Gasteiger partial charge in [-0.05, 0) is 42.5 Å². The van der Waals surface area contributed by atoms with E-state index in [-0.39, 0.29) is 0 Å². The summed E-state index contributed by atoms with van der Waals surface area (Å²) in [6.07, 6.45) is 6.36. The lowest BCUT2D eigenvalue weighted by Gasteiger charge is -2.22. The number of hydrogen-bond acceptors (Lipinski definition) is 1. The Bertz CT molecular complexity index is 338. The van der Waals surface area contributed by atoms with Crippen molar-refractivity contribution in [3.63, 3.8) is 0 Å². The zero-order valence-corrected chi connectivity index (χ0v) is 12.4. The highest BCUT2D eigenvalue weighted by Crippen LogP contribution is 2.29. The summed E-state index contributed by atoms with van der Waals surface area (Å²) < 4.78 is 0. The second-order valence-corrected chi connectivity index (χ2v) is 5.58. The first-order valence-electron chi connectivity index (χ1n) is 7.16. The summed E-state index contributed by atoms with van der Waals surface area (Å²) in [6, 6.07) is 8.15. The van der Waals surface area contributed by atoms with Crippen LogP contribution in [0.15, 0.2) is 24.3 Å². The molecule has 102 valence electrons. The van der Waals surface area contributed by atoms with Crippen LogP contribution in [0.1, 0.15) is 57.4 Å². The van der Waals surface area contributed by atoms with Crippen molar-refractivity contribution in [2.75, 3.05) is 6.54 Å². The molecule has 2 unspecified atom stereocenters. The third kappa shape index (κ3) is 4.99. The van der Waals surface area contributed by atoms with Gasteiger partial charge in [0.05, 0.1) is 0 Å². The minimum atomic E-state index is 0.450. The maximum atomic E-state index is 6.06. The average molecular weight is 268 g/mol. The summed E-state index contributed by atoms with van der Waals surface area (Å²) in [6.45, 7) is 5.25. The van der Waals surface area contributed by atoms with Gasteiger partial charge in [-0.2, -0.15) is 0 Å². The molecule has 0 fully saturated rings. The van der Waals surface area contributed by atoms with Gasteiger partial charge in [0.2, 0.25) is 0 Å². The molecular weight excluding hydrogens is 242 g/mol. The van der Waals surface area contributed by atoms with E-state index in [1.807, 2.05) is 12.1 Å². The molecule has 0 radical (unpaired) electrons. The summed E-state index contributed by atoms with van der Waals surface area (Å²) in [5.41, 5.74) is 7.24. The van der Waals surface area contributed by atoms with Crippen LogP contribution in [0.3, 0.4) is 0 Å². The molecule has 0 heterocycles. The molecule has 2 heteroatoms. The molecule has 0 saturated heterocycles. The molecule has 2 N–H and O–H groups in total. The van der Waals surface area contributed by atoms with Crippen LogP contribution in [0.2, 0.25) is 5.02 Å². The summed E-state index contributed by atoms with van der Waals surface area (Å²) >= 11 is 6.06. The van der Waals surface area contributed by atoms with Gasteiger partial charge in [-0.15, -0.1) is 0 Å². The Hall–Kier alpha value is -0.530. The van der Waals surface area contributed by atoms with Crippen molar-refractivity contribution in [3.8, 4) is 0 Å². The van der Waals surface area contributed by atoms with E-state index in [2.05, 4.69) is 26.0 Å². The first-order chi connectivity index (χ1) is 8.71. The molecule has 0 aliphatic rings. The fourth-order valence-electron chi connectivity index (χ4n) is 2.51. The molecular formula is C16H26ClN. The van der Waals surface area contributed by atoms with Crippen LogP contribution in [-0.4, -0.2) is 6.54 Å². The van der Waals surface area contributed by atoms with E-state index in [1.54, 1.807) is 0 Å². The molecule has 1 nitrogen and oxygen atoms in total. The van der Waals surface area contributed by atoms with Crippen LogP contribution in [0.5, 0.6) is 0 Å². The molecule has 0 spiro atoms. The summed E-state index contributed by atoms with van der Waals surface area (Å²) in [7, 11) is 0. The molecule has 2 atom stereocenters. The van der Waals surface area contributed by atoms with Crippen LogP contribution in [0.4, 0.5) is 0 Å². The van der Waals surface area contributed by atoms with E-state index < -0.39 is 0 Å². The van der Waals surface area contributed by atoms with E-state index in [0.29, 0.717) is 12.5 Å². The van der Waals surface area contributed by atoms with Crippen molar-refractivity contribution in [1.82, 2.24) is 0 Å². The highest BCUT2D eigenvalue weighted by atomic mass is 35.5. The van der Waals surface area contributed by atoms with E-state index in [4.69, 9.17) is 17.3 Å². The average Bonchev–Trinajstić information content (AvgIpc) is 2.39. The van der Waals surface area contributed by atoms with Crippen LogP contribution in [0, 0.1) is 5.92 Å². The predicted octanol–water partition coefficient (Wildman–Crippen LogP) is 4.99. The minimum Gasteiger partial charge on any atom is -0.330 e. The van der Waals surface area contributed by atoms with Gasteiger partial charge in [0.1, 0.15) is 0 Å². The molecule has 0 aromatic heterocycles. The molecule has 18 heavy (non-hydrogen) atoms. The maximum absolute atomic E-state index is 6.06. The third-order valence-corrected chi connectivity index (χ3v) is 4.00. The molecule has 0 bridgehead atoms. The molecule has 0 aliphatic carbocycles.